The molecule has 96 valence electrons. The average molecular weight is 245 g/mol. The Morgan fingerprint density at radius 1 is 1.00 bits per heavy atom. The zero-order chi connectivity index (χ0) is 12.4. The van der Waals surface area contributed by atoms with E-state index in [2.05, 4.69) is 5.32 Å². The molecule has 1 aliphatic carbocycles. The van der Waals surface area contributed by atoms with Crippen molar-refractivity contribution < 1.29 is 9.53 Å². The minimum absolute atomic E-state index is 0.0115. The van der Waals surface area contributed by atoms with E-state index >= 15 is 0 Å². The van der Waals surface area contributed by atoms with Gasteiger partial charge in [-0.15, -0.1) is 0 Å². The lowest BCUT2D eigenvalue weighted by molar-refractivity contribution is -0.000745. The van der Waals surface area contributed by atoms with E-state index in [1.54, 1.807) is 0 Å². The molecular formula is C15H19NO2. The van der Waals surface area contributed by atoms with Crippen LogP contribution in [0.4, 0.5) is 0 Å². The van der Waals surface area contributed by atoms with Crippen LogP contribution in [0, 0.1) is 0 Å². The fourth-order valence-electron chi connectivity index (χ4n) is 2.96. The molecule has 1 N–H and O–H groups in total. The monoisotopic (exact) mass is 245 g/mol. The topological polar surface area (TPSA) is 38.3 Å². The number of carbonyl (C=O) groups is 1. The molecule has 18 heavy (non-hydrogen) atoms. The third-order valence-electron chi connectivity index (χ3n) is 3.94. The highest BCUT2D eigenvalue weighted by atomic mass is 16.5. The van der Waals surface area contributed by atoms with Gasteiger partial charge in [0.1, 0.15) is 5.75 Å². The van der Waals surface area contributed by atoms with Crippen LogP contribution < -0.4 is 10.1 Å². The number of para-hydroxylation sites is 1. The van der Waals surface area contributed by atoms with Crippen molar-refractivity contribution in [3.8, 4) is 5.75 Å². The maximum Gasteiger partial charge on any atom is 0.258 e. The van der Waals surface area contributed by atoms with Crippen LogP contribution in [0.15, 0.2) is 24.3 Å². The molecule has 0 bridgehead atoms. The van der Waals surface area contributed by atoms with Crippen LogP contribution in [0.1, 0.15) is 55.3 Å². The normalized spacial score (nSPS) is 22.3. The second-order valence-corrected chi connectivity index (χ2v) is 5.31. The summed E-state index contributed by atoms with van der Waals surface area (Å²) in [7, 11) is 0. The molecular weight excluding hydrogens is 226 g/mol. The number of ether oxygens (including phenoxy) is 1. The maximum absolute atomic E-state index is 12.2. The fourth-order valence-corrected chi connectivity index (χ4v) is 2.96. The summed E-state index contributed by atoms with van der Waals surface area (Å²) < 4.78 is 6.13. The quantitative estimate of drug-likeness (QED) is 0.762. The number of fused-ring (bicyclic) bond motifs is 1. The summed E-state index contributed by atoms with van der Waals surface area (Å²) in [5, 5.41) is 3.09. The van der Waals surface area contributed by atoms with Crippen molar-refractivity contribution in [3.05, 3.63) is 29.8 Å². The summed E-state index contributed by atoms with van der Waals surface area (Å²) in [6.45, 7) is 0. The first kappa shape index (κ1) is 11.6. The van der Waals surface area contributed by atoms with Crippen LogP contribution in [0.25, 0.3) is 0 Å². The van der Waals surface area contributed by atoms with Crippen molar-refractivity contribution in [3.63, 3.8) is 0 Å². The van der Waals surface area contributed by atoms with E-state index < -0.39 is 5.72 Å². The van der Waals surface area contributed by atoms with Crippen LogP contribution in [-0.4, -0.2) is 11.6 Å². The van der Waals surface area contributed by atoms with Crippen LogP contribution in [0.2, 0.25) is 0 Å². The maximum atomic E-state index is 12.2. The zero-order valence-corrected chi connectivity index (χ0v) is 10.6. The molecule has 3 heteroatoms. The molecule has 0 atom stereocenters. The van der Waals surface area contributed by atoms with Crippen molar-refractivity contribution in [2.45, 2.75) is 50.7 Å². The highest BCUT2D eigenvalue weighted by molar-refractivity contribution is 5.98. The lowest BCUT2D eigenvalue weighted by Gasteiger charge is -2.40. The molecule has 1 aliphatic heterocycles. The lowest BCUT2D eigenvalue weighted by Crippen LogP contribution is -2.56. The van der Waals surface area contributed by atoms with Gasteiger partial charge in [-0.05, 0) is 25.0 Å². The third-order valence-corrected chi connectivity index (χ3v) is 3.94. The summed E-state index contributed by atoms with van der Waals surface area (Å²) in [5.41, 5.74) is 0.205. The standard InChI is InChI=1S/C15H19NO2/c17-14-12-8-4-5-9-13(12)18-15(16-14)10-6-2-1-3-7-11-15/h4-5,8-9H,1-3,6-7,10-11H2,(H,16,17). The van der Waals surface area contributed by atoms with E-state index in [-0.39, 0.29) is 5.91 Å². The van der Waals surface area contributed by atoms with Crippen molar-refractivity contribution >= 4 is 5.91 Å². The first-order valence-corrected chi connectivity index (χ1v) is 6.90. The molecule has 0 radical (unpaired) electrons. The molecule has 1 amide bonds. The minimum Gasteiger partial charge on any atom is -0.467 e. The van der Waals surface area contributed by atoms with Gasteiger partial charge >= 0.3 is 0 Å². The Kier molecular flexibility index (Phi) is 2.98. The van der Waals surface area contributed by atoms with Gasteiger partial charge in [0.15, 0.2) is 5.72 Å². The molecule has 0 saturated heterocycles. The van der Waals surface area contributed by atoms with Gasteiger partial charge in [0.05, 0.1) is 5.56 Å². The summed E-state index contributed by atoms with van der Waals surface area (Å²) in [6, 6.07) is 7.51. The number of nitrogens with one attached hydrogen (secondary N) is 1. The van der Waals surface area contributed by atoms with Gasteiger partial charge < -0.3 is 10.1 Å². The van der Waals surface area contributed by atoms with Gasteiger partial charge in [0, 0.05) is 12.8 Å². The summed E-state index contributed by atoms with van der Waals surface area (Å²) >= 11 is 0. The van der Waals surface area contributed by atoms with E-state index in [0.29, 0.717) is 5.56 Å². The molecule has 1 heterocycles. The van der Waals surface area contributed by atoms with Crippen molar-refractivity contribution in [2.75, 3.05) is 0 Å². The molecule has 0 unspecified atom stereocenters. The van der Waals surface area contributed by atoms with Crippen LogP contribution >= 0.6 is 0 Å². The molecule has 0 aromatic heterocycles. The van der Waals surface area contributed by atoms with Gasteiger partial charge in [0.25, 0.3) is 5.91 Å². The van der Waals surface area contributed by atoms with Crippen molar-refractivity contribution in [1.29, 1.82) is 0 Å². The number of rotatable bonds is 0. The smallest absolute Gasteiger partial charge is 0.258 e. The van der Waals surface area contributed by atoms with Gasteiger partial charge in [-0.2, -0.15) is 0 Å². The highest BCUT2D eigenvalue weighted by Gasteiger charge is 2.39. The van der Waals surface area contributed by atoms with Gasteiger partial charge in [-0.25, -0.2) is 0 Å². The lowest BCUT2D eigenvalue weighted by atomic mass is 9.91. The number of hydrogen-bond acceptors (Lipinski definition) is 2. The largest absolute Gasteiger partial charge is 0.467 e. The van der Waals surface area contributed by atoms with Crippen molar-refractivity contribution in [1.82, 2.24) is 5.32 Å². The summed E-state index contributed by atoms with van der Waals surface area (Å²) in [6.07, 6.45) is 7.89. The highest BCUT2D eigenvalue weighted by Crippen LogP contribution is 2.34. The first-order valence-electron chi connectivity index (χ1n) is 6.90. The number of carbonyl (C=O) groups excluding carboxylic acids is 1. The Hall–Kier alpha value is -1.51. The Morgan fingerprint density at radius 2 is 1.67 bits per heavy atom. The Labute approximate surface area is 108 Å². The molecule has 1 spiro atoms. The van der Waals surface area contributed by atoms with E-state index in [9.17, 15) is 4.79 Å². The Morgan fingerprint density at radius 3 is 2.44 bits per heavy atom. The Bertz CT molecular complexity index is 448. The van der Waals surface area contributed by atoms with Crippen LogP contribution in [-0.2, 0) is 0 Å². The second-order valence-electron chi connectivity index (χ2n) is 5.31. The molecule has 3 nitrogen and oxygen atoms in total. The SMILES string of the molecule is O=C1NC2(CCCCCCC2)Oc2ccccc21. The summed E-state index contributed by atoms with van der Waals surface area (Å²) in [4.78, 5) is 12.2. The first-order chi connectivity index (χ1) is 8.79. The fraction of sp³-hybridized carbons (Fsp3) is 0.533. The predicted molar refractivity (Wildman–Crippen MR) is 69.6 cm³/mol. The Balaban J connectivity index is 1.89. The summed E-state index contributed by atoms with van der Waals surface area (Å²) in [5.74, 6) is 0.749. The molecule has 1 aromatic carbocycles. The van der Waals surface area contributed by atoms with E-state index in [0.717, 1.165) is 31.4 Å². The zero-order valence-electron chi connectivity index (χ0n) is 10.6. The van der Waals surface area contributed by atoms with Crippen LogP contribution in [0.5, 0.6) is 5.75 Å². The van der Waals surface area contributed by atoms with Gasteiger partial charge in [-0.3, -0.25) is 4.79 Å². The molecule has 1 fully saturated rings. The molecule has 1 saturated carbocycles. The van der Waals surface area contributed by atoms with Gasteiger partial charge in [-0.1, -0.05) is 31.4 Å². The number of amides is 1. The number of benzene rings is 1. The van der Waals surface area contributed by atoms with Crippen LogP contribution in [0.3, 0.4) is 0 Å². The van der Waals surface area contributed by atoms with Crippen molar-refractivity contribution in [2.24, 2.45) is 0 Å². The second kappa shape index (κ2) is 4.63. The third kappa shape index (κ3) is 2.09. The number of hydrogen-bond donors (Lipinski definition) is 1. The van der Waals surface area contributed by atoms with E-state index in [1.165, 1.54) is 19.3 Å². The minimum atomic E-state index is -0.453. The molecule has 3 rings (SSSR count). The van der Waals surface area contributed by atoms with E-state index in [1.807, 2.05) is 24.3 Å². The predicted octanol–water partition coefficient (Wildman–Crippen LogP) is 3.25. The molecule has 2 aliphatic rings. The molecule has 1 aromatic rings. The average Bonchev–Trinajstić information content (AvgIpc) is 2.35. The van der Waals surface area contributed by atoms with E-state index in [4.69, 9.17) is 4.74 Å². The van der Waals surface area contributed by atoms with Gasteiger partial charge in [0.2, 0.25) is 0 Å².